The molecule has 0 bridgehead atoms. The van der Waals surface area contributed by atoms with Gasteiger partial charge < -0.3 is 9.72 Å². The van der Waals surface area contributed by atoms with Gasteiger partial charge in [-0.3, -0.25) is 0 Å². The van der Waals surface area contributed by atoms with Crippen LogP contribution in [-0.4, -0.2) is 17.1 Å². The van der Waals surface area contributed by atoms with Crippen LogP contribution in [0.25, 0.3) is 45.2 Å². The van der Waals surface area contributed by atoms with Crippen molar-refractivity contribution in [1.82, 2.24) is 9.97 Å². The molecule has 0 saturated carbocycles. The number of fused-ring (bicyclic) bond motifs is 3. The van der Waals surface area contributed by atoms with Crippen molar-refractivity contribution in [3.05, 3.63) is 96.2 Å². The van der Waals surface area contributed by atoms with Gasteiger partial charge in [-0.05, 0) is 52.6 Å². The van der Waals surface area contributed by atoms with Crippen LogP contribution in [0.4, 0.5) is 0 Å². The fourth-order valence-corrected chi connectivity index (χ4v) is 3.60. The van der Waals surface area contributed by atoms with Crippen LogP contribution in [0.2, 0.25) is 0 Å². The Kier molecular flexibility index (Phi) is 4.34. The lowest BCUT2D eigenvalue weighted by Crippen LogP contribution is -1.83. The van der Waals surface area contributed by atoms with E-state index in [-0.39, 0.29) is 0 Å². The van der Waals surface area contributed by atoms with Crippen molar-refractivity contribution < 1.29 is 4.74 Å². The molecule has 5 rings (SSSR count). The van der Waals surface area contributed by atoms with Gasteiger partial charge in [0.15, 0.2) is 0 Å². The molecule has 0 unspecified atom stereocenters. The zero-order valence-electron chi connectivity index (χ0n) is 16.1. The number of nitrogens with one attached hydrogen (secondary N) is 1. The van der Waals surface area contributed by atoms with Gasteiger partial charge in [-0.1, -0.05) is 60.7 Å². The average Bonchev–Trinajstić information content (AvgIpc) is 3.15. The molecule has 0 atom stereocenters. The van der Waals surface area contributed by atoms with E-state index in [4.69, 9.17) is 4.74 Å². The largest absolute Gasteiger partial charge is 0.497 e. The van der Waals surface area contributed by atoms with Crippen LogP contribution < -0.4 is 4.74 Å². The third-order valence-electron chi connectivity index (χ3n) is 5.16. The van der Waals surface area contributed by atoms with Crippen molar-refractivity contribution in [2.75, 3.05) is 7.11 Å². The fraction of sp³-hybridized carbons (Fsp3) is 0.0385. The number of aromatic nitrogens is 2. The van der Waals surface area contributed by atoms with E-state index in [0.29, 0.717) is 0 Å². The molecule has 0 spiro atoms. The highest BCUT2D eigenvalue weighted by Gasteiger charge is 2.08. The molecule has 2 aromatic heterocycles. The van der Waals surface area contributed by atoms with E-state index in [9.17, 15) is 0 Å². The summed E-state index contributed by atoms with van der Waals surface area (Å²) in [7, 11) is 1.68. The van der Waals surface area contributed by atoms with Gasteiger partial charge in [0.1, 0.15) is 11.4 Å². The van der Waals surface area contributed by atoms with Gasteiger partial charge in [0.05, 0.1) is 7.11 Å². The average molecular weight is 376 g/mol. The second kappa shape index (κ2) is 7.28. The Morgan fingerprint density at radius 3 is 2.31 bits per heavy atom. The number of rotatable bonds is 4. The lowest BCUT2D eigenvalue weighted by molar-refractivity contribution is 0.415. The number of nitrogens with zero attached hydrogens (tertiary/aromatic N) is 1. The Morgan fingerprint density at radius 2 is 1.52 bits per heavy atom. The summed E-state index contributed by atoms with van der Waals surface area (Å²) in [4.78, 5) is 8.05. The van der Waals surface area contributed by atoms with Crippen molar-refractivity contribution >= 4 is 34.1 Å². The molecular formula is C26H20N2O. The van der Waals surface area contributed by atoms with E-state index >= 15 is 0 Å². The number of pyridine rings is 1. The van der Waals surface area contributed by atoms with Gasteiger partial charge in [0.25, 0.3) is 0 Å². The Balaban J connectivity index is 1.56. The van der Waals surface area contributed by atoms with Crippen molar-refractivity contribution in [1.29, 1.82) is 0 Å². The number of H-pyrrole nitrogens is 1. The van der Waals surface area contributed by atoms with Crippen molar-refractivity contribution in [3.8, 4) is 16.9 Å². The maximum Gasteiger partial charge on any atom is 0.138 e. The Hall–Kier alpha value is -3.85. The van der Waals surface area contributed by atoms with Crippen LogP contribution in [0.1, 0.15) is 11.1 Å². The SMILES string of the molecule is COc1ccc(-c2ccc3[nH]c4ncc(C=Cc5ccccc5)cc4c3c2)cc1. The summed E-state index contributed by atoms with van der Waals surface area (Å²) in [5, 5.41) is 2.31. The van der Waals surface area contributed by atoms with Crippen LogP contribution in [0.15, 0.2) is 85.1 Å². The molecule has 0 aliphatic rings. The van der Waals surface area contributed by atoms with Gasteiger partial charge in [-0.25, -0.2) is 4.98 Å². The second-order valence-electron chi connectivity index (χ2n) is 7.02. The zero-order valence-corrected chi connectivity index (χ0v) is 16.1. The zero-order chi connectivity index (χ0) is 19.6. The number of aromatic amines is 1. The summed E-state index contributed by atoms with van der Waals surface area (Å²) in [6, 6.07) is 27.1. The van der Waals surface area contributed by atoms with Gasteiger partial charge in [0, 0.05) is 22.5 Å². The summed E-state index contributed by atoms with van der Waals surface area (Å²) in [6.45, 7) is 0. The smallest absolute Gasteiger partial charge is 0.138 e. The highest BCUT2D eigenvalue weighted by Crippen LogP contribution is 2.30. The Bertz CT molecular complexity index is 1320. The molecule has 0 radical (unpaired) electrons. The summed E-state index contributed by atoms with van der Waals surface area (Å²) in [6.07, 6.45) is 6.12. The standard InChI is InChI=1S/C26H20N2O/c1-29-22-12-9-20(10-13-22)21-11-14-25-23(16-21)24-15-19(17-27-26(24)28-25)8-7-18-5-3-2-4-6-18/h2-17H,1H3,(H,27,28). The molecule has 29 heavy (non-hydrogen) atoms. The highest BCUT2D eigenvalue weighted by molar-refractivity contribution is 6.07. The third kappa shape index (κ3) is 3.39. The molecule has 2 heterocycles. The lowest BCUT2D eigenvalue weighted by atomic mass is 10.0. The van der Waals surface area contributed by atoms with E-state index in [1.807, 2.05) is 36.5 Å². The molecule has 3 heteroatoms. The van der Waals surface area contributed by atoms with Crippen LogP contribution in [0, 0.1) is 0 Å². The molecule has 3 nitrogen and oxygen atoms in total. The van der Waals surface area contributed by atoms with Crippen LogP contribution >= 0.6 is 0 Å². The van der Waals surface area contributed by atoms with Crippen LogP contribution in [0.5, 0.6) is 5.75 Å². The number of hydrogen-bond acceptors (Lipinski definition) is 2. The van der Waals surface area contributed by atoms with Crippen LogP contribution in [-0.2, 0) is 0 Å². The second-order valence-corrected chi connectivity index (χ2v) is 7.02. The van der Waals surface area contributed by atoms with Gasteiger partial charge in [-0.2, -0.15) is 0 Å². The molecule has 0 saturated heterocycles. The molecule has 0 amide bonds. The fourth-order valence-electron chi connectivity index (χ4n) is 3.60. The minimum atomic E-state index is 0.862. The summed E-state index contributed by atoms with van der Waals surface area (Å²) in [5.74, 6) is 0.862. The predicted octanol–water partition coefficient (Wildman–Crippen LogP) is 6.56. The summed E-state index contributed by atoms with van der Waals surface area (Å²) in [5.41, 5.74) is 6.59. The number of benzene rings is 3. The number of hydrogen-bond donors (Lipinski definition) is 1. The van der Waals surface area contributed by atoms with Gasteiger partial charge in [-0.15, -0.1) is 0 Å². The van der Waals surface area contributed by atoms with E-state index in [0.717, 1.165) is 33.4 Å². The molecule has 140 valence electrons. The first kappa shape index (κ1) is 17.3. The predicted molar refractivity (Wildman–Crippen MR) is 121 cm³/mol. The van der Waals surface area contributed by atoms with E-state index in [1.165, 1.54) is 16.5 Å². The summed E-state index contributed by atoms with van der Waals surface area (Å²) >= 11 is 0. The third-order valence-corrected chi connectivity index (χ3v) is 5.16. The van der Waals surface area contributed by atoms with Crippen molar-refractivity contribution in [3.63, 3.8) is 0 Å². The first-order valence-corrected chi connectivity index (χ1v) is 9.59. The van der Waals surface area contributed by atoms with Crippen molar-refractivity contribution in [2.24, 2.45) is 0 Å². The van der Waals surface area contributed by atoms with E-state index < -0.39 is 0 Å². The molecule has 0 aliphatic carbocycles. The maximum atomic E-state index is 5.27. The minimum absolute atomic E-state index is 0.862. The summed E-state index contributed by atoms with van der Waals surface area (Å²) < 4.78 is 5.27. The number of ether oxygens (including phenoxy) is 1. The normalized spacial score (nSPS) is 11.5. The molecule has 1 N–H and O–H groups in total. The molecule has 0 aliphatic heterocycles. The molecule has 5 aromatic rings. The Labute approximate surface area is 169 Å². The minimum Gasteiger partial charge on any atom is -0.497 e. The molecule has 0 fully saturated rings. The first-order chi connectivity index (χ1) is 14.3. The monoisotopic (exact) mass is 376 g/mol. The van der Waals surface area contributed by atoms with E-state index in [2.05, 4.69) is 70.7 Å². The first-order valence-electron chi connectivity index (χ1n) is 9.59. The van der Waals surface area contributed by atoms with Crippen molar-refractivity contribution in [2.45, 2.75) is 0 Å². The molecule has 3 aromatic carbocycles. The number of methoxy groups -OCH3 is 1. The molecular weight excluding hydrogens is 356 g/mol. The maximum absolute atomic E-state index is 5.27. The quantitative estimate of drug-likeness (QED) is 0.385. The highest BCUT2D eigenvalue weighted by atomic mass is 16.5. The van der Waals surface area contributed by atoms with E-state index in [1.54, 1.807) is 7.11 Å². The lowest BCUT2D eigenvalue weighted by Gasteiger charge is -2.04. The topological polar surface area (TPSA) is 37.9 Å². The van der Waals surface area contributed by atoms with Gasteiger partial charge in [0.2, 0.25) is 0 Å². The Morgan fingerprint density at radius 1 is 0.759 bits per heavy atom. The van der Waals surface area contributed by atoms with Gasteiger partial charge >= 0.3 is 0 Å². The van der Waals surface area contributed by atoms with Crippen LogP contribution in [0.3, 0.4) is 0 Å².